The van der Waals surface area contributed by atoms with E-state index in [0.29, 0.717) is 21.3 Å². The summed E-state index contributed by atoms with van der Waals surface area (Å²) in [6.07, 6.45) is 0. The van der Waals surface area contributed by atoms with Crippen molar-refractivity contribution in [3.8, 4) is 0 Å². The molecular formula is C14H9Cl2NO3. The molecule has 0 spiro atoms. The maximum atomic E-state index is 12.0. The molecule has 102 valence electrons. The summed E-state index contributed by atoms with van der Waals surface area (Å²) in [4.78, 5) is 22.8. The fourth-order valence-electron chi connectivity index (χ4n) is 1.57. The van der Waals surface area contributed by atoms with Gasteiger partial charge < -0.3 is 10.4 Å². The van der Waals surface area contributed by atoms with Crippen LogP contribution in [0.2, 0.25) is 10.0 Å². The number of anilines is 1. The largest absolute Gasteiger partial charge is 0.478 e. The highest BCUT2D eigenvalue weighted by Gasteiger charge is 2.12. The second-order valence-electron chi connectivity index (χ2n) is 3.93. The maximum absolute atomic E-state index is 12.0. The smallest absolute Gasteiger partial charge is 0.335 e. The van der Waals surface area contributed by atoms with Crippen molar-refractivity contribution in [2.24, 2.45) is 0 Å². The molecule has 0 heterocycles. The van der Waals surface area contributed by atoms with Crippen molar-refractivity contribution in [2.75, 3.05) is 5.32 Å². The zero-order valence-corrected chi connectivity index (χ0v) is 11.6. The summed E-state index contributed by atoms with van der Waals surface area (Å²) in [5.74, 6) is -1.47. The molecule has 0 saturated heterocycles. The SMILES string of the molecule is O=C(O)c1ccc(C(=O)Nc2c(Cl)cccc2Cl)cc1. The van der Waals surface area contributed by atoms with E-state index in [9.17, 15) is 9.59 Å². The minimum atomic E-state index is -1.05. The van der Waals surface area contributed by atoms with Crippen LogP contribution in [0.5, 0.6) is 0 Å². The van der Waals surface area contributed by atoms with Crippen LogP contribution in [0.1, 0.15) is 20.7 Å². The number of carbonyl (C=O) groups excluding carboxylic acids is 1. The molecule has 4 nitrogen and oxygen atoms in total. The topological polar surface area (TPSA) is 66.4 Å². The van der Waals surface area contributed by atoms with Crippen LogP contribution in [0.25, 0.3) is 0 Å². The van der Waals surface area contributed by atoms with Crippen molar-refractivity contribution in [3.05, 3.63) is 63.6 Å². The van der Waals surface area contributed by atoms with Crippen LogP contribution < -0.4 is 5.32 Å². The summed E-state index contributed by atoms with van der Waals surface area (Å²) >= 11 is 11.9. The van der Waals surface area contributed by atoms with Crippen molar-refractivity contribution in [1.29, 1.82) is 0 Å². The van der Waals surface area contributed by atoms with E-state index in [0.717, 1.165) is 0 Å². The van der Waals surface area contributed by atoms with Crippen LogP contribution in [-0.4, -0.2) is 17.0 Å². The van der Waals surface area contributed by atoms with E-state index in [1.54, 1.807) is 18.2 Å². The minimum absolute atomic E-state index is 0.109. The molecule has 2 aromatic rings. The molecule has 1 amide bonds. The Kier molecular flexibility index (Phi) is 4.27. The zero-order chi connectivity index (χ0) is 14.7. The van der Waals surface area contributed by atoms with Gasteiger partial charge in [-0.3, -0.25) is 4.79 Å². The summed E-state index contributed by atoms with van der Waals surface area (Å²) in [5, 5.41) is 12.0. The Hall–Kier alpha value is -2.04. The number of nitrogens with one attached hydrogen (secondary N) is 1. The molecule has 2 aromatic carbocycles. The molecule has 0 unspecified atom stereocenters. The third-order valence-electron chi connectivity index (χ3n) is 2.60. The highest BCUT2D eigenvalue weighted by molar-refractivity contribution is 6.40. The van der Waals surface area contributed by atoms with Gasteiger partial charge in [0.05, 0.1) is 21.3 Å². The lowest BCUT2D eigenvalue weighted by atomic mass is 10.1. The quantitative estimate of drug-likeness (QED) is 0.902. The molecule has 0 aliphatic carbocycles. The van der Waals surface area contributed by atoms with Crippen LogP contribution in [0.3, 0.4) is 0 Å². The molecule has 6 heteroatoms. The third-order valence-corrected chi connectivity index (χ3v) is 3.23. The molecule has 0 atom stereocenters. The van der Waals surface area contributed by atoms with Crippen LogP contribution in [0, 0.1) is 0 Å². The van der Waals surface area contributed by atoms with Gasteiger partial charge in [0.2, 0.25) is 0 Å². The van der Waals surface area contributed by atoms with E-state index in [1.165, 1.54) is 24.3 Å². The Morgan fingerprint density at radius 2 is 1.40 bits per heavy atom. The summed E-state index contributed by atoms with van der Waals surface area (Å²) in [6, 6.07) is 10.4. The lowest BCUT2D eigenvalue weighted by molar-refractivity contribution is 0.0696. The van der Waals surface area contributed by atoms with E-state index in [1.807, 2.05) is 0 Å². The first-order valence-corrected chi connectivity index (χ1v) is 6.33. The van der Waals surface area contributed by atoms with Crippen LogP contribution in [0.15, 0.2) is 42.5 Å². The summed E-state index contributed by atoms with van der Waals surface area (Å²) < 4.78 is 0. The van der Waals surface area contributed by atoms with Gasteiger partial charge in [0, 0.05) is 5.56 Å². The first-order chi connectivity index (χ1) is 9.49. The lowest BCUT2D eigenvalue weighted by Crippen LogP contribution is -2.12. The normalized spacial score (nSPS) is 10.1. The number of hydrogen-bond donors (Lipinski definition) is 2. The Balaban J connectivity index is 2.22. The van der Waals surface area contributed by atoms with Gasteiger partial charge in [0.15, 0.2) is 0 Å². The summed E-state index contributed by atoms with van der Waals surface area (Å²) in [7, 11) is 0. The standard InChI is InChI=1S/C14H9Cl2NO3/c15-10-2-1-3-11(16)12(10)17-13(18)8-4-6-9(7-5-8)14(19)20/h1-7H,(H,17,18)(H,19,20). The monoisotopic (exact) mass is 309 g/mol. The number of carbonyl (C=O) groups is 2. The number of carboxylic acids is 1. The van der Waals surface area contributed by atoms with Crippen molar-refractivity contribution in [2.45, 2.75) is 0 Å². The van der Waals surface area contributed by atoms with Gasteiger partial charge in [0.25, 0.3) is 5.91 Å². The van der Waals surface area contributed by atoms with Crippen molar-refractivity contribution >= 4 is 40.8 Å². The molecule has 20 heavy (non-hydrogen) atoms. The molecular weight excluding hydrogens is 301 g/mol. The van der Waals surface area contributed by atoms with Gasteiger partial charge in [-0.2, -0.15) is 0 Å². The van der Waals surface area contributed by atoms with Gasteiger partial charge in [-0.1, -0.05) is 29.3 Å². The molecule has 0 saturated carbocycles. The van der Waals surface area contributed by atoms with E-state index in [4.69, 9.17) is 28.3 Å². The van der Waals surface area contributed by atoms with Crippen LogP contribution in [-0.2, 0) is 0 Å². The molecule has 0 radical (unpaired) electrons. The van der Waals surface area contributed by atoms with Gasteiger partial charge in [-0.15, -0.1) is 0 Å². The second-order valence-corrected chi connectivity index (χ2v) is 4.75. The first-order valence-electron chi connectivity index (χ1n) is 5.58. The number of carboxylic acid groups (broad SMARTS) is 1. The minimum Gasteiger partial charge on any atom is -0.478 e. The number of aromatic carboxylic acids is 1. The highest BCUT2D eigenvalue weighted by Crippen LogP contribution is 2.30. The predicted molar refractivity (Wildman–Crippen MR) is 77.8 cm³/mol. The number of rotatable bonds is 3. The second kappa shape index (κ2) is 5.94. The van der Waals surface area contributed by atoms with Crippen molar-refractivity contribution in [1.82, 2.24) is 0 Å². The molecule has 0 aliphatic heterocycles. The average Bonchev–Trinajstić information content (AvgIpc) is 2.43. The molecule has 0 aromatic heterocycles. The number of benzene rings is 2. The van der Waals surface area contributed by atoms with E-state index in [-0.39, 0.29) is 5.56 Å². The Labute approximate surface area is 124 Å². The molecule has 2 N–H and O–H groups in total. The number of amides is 1. The number of hydrogen-bond acceptors (Lipinski definition) is 2. The van der Waals surface area contributed by atoms with Crippen LogP contribution >= 0.6 is 23.2 Å². The molecule has 0 bridgehead atoms. The highest BCUT2D eigenvalue weighted by atomic mass is 35.5. The zero-order valence-electron chi connectivity index (χ0n) is 10.1. The number of halogens is 2. The molecule has 0 aliphatic rings. The predicted octanol–water partition coefficient (Wildman–Crippen LogP) is 3.94. The van der Waals surface area contributed by atoms with Crippen molar-refractivity contribution < 1.29 is 14.7 Å². The molecule has 0 fully saturated rings. The average molecular weight is 310 g/mol. The Bertz CT molecular complexity index is 648. The first kappa shape index (κ1) is 14.4. The van der Waals surface area contributed by atoms with Crippen molar-refractivity contribution in [3.63, 3.8) is 0 Å². The maximum Gasteiger partial charge on any atom is 0.335 e. The third kappa shape index (κ3) is 3.10. The van der Waals surface area contributed by atoms with E-state index in [2.05, 4.69) is 5.32 Å². The van der Waals surface area contributed by atoms with Gasteiger partial charge in [-0.05, 0) is 36.4 Å². The van der Waals surface area contributed by atoms with Gasteiger partial charge >= 0.3 is 5.97 Å². The lowest BCUT2D eigenvalue weighted by Gasteiger charge is -2.09. The molecule has 2 rings (SSSR count). The summed E-state index contributed by atoms with van der Waals surface area (Å²) in [5.41, 5.74) is 0.742. The van der Waals surface area contributed by atoms with Gasteiger partial charge in [0.1, 0.15) is 0 Å². The van der Waals surface area contributed by atoms with E-state index >= 15 is 0 Å². The Morgan fingerprint density at radius 3 is 1.90 bits per heavy atom. The fourth-order valence-corrected chi connectivity index (χ4v) is 2.06. The van der Waals surface area contributed by atoms with E-state index < -0.39 is 11.9 Å². The Morgan fingerprint density at radius 1 is 0.900 bits per heavy atom. The fraction of sp³-hybridized carbons (Fsp3) is 0. The van der Waals surface area contributed by atoms with Gasteiger partial charge in [-0.25, -0.2) is 4.79 Å². The van der Waals surface area contributed by atoms with Crippen LogP contribution in [0.4, 0.5) is 5.69 Å². The summed E-state index contributed by atoms with van der Waals surface area (Å²) in [6.45, 7) is 0. The number of para-hydroxylation sites is 1.